The van der Waals surface area contributed by atoms with Crippen molar-refractivity contribution in [3.8, 4) is 0 Å². The number of anilines is 2. The fourth-order valence-electron chi connectivity index (χ4n) is 2.93. The number of nitrogens with two attached hydrogens (primary N) is 1. The first-order valence-electron chi connectivity index (χ1n) is 7.79. The molecule has 0 saturated carbocycles. The van der Waals surface area contributed by atoms with Crippen molar-refractivity contribution in [1.82, 2.24) is 0 Å². The predicted octanol–water partition coefficient (Wildman–Crippen LogP) is 4.83. The van der Waals surface area contributed by atoms with Gasteiger partial charge in [0, 0.05) is 16.9 Å². The highest BCUT2D eigenvalue weighted by Gasteiger charge is 2.07. The first-order chi connectivity index (χ1) is 11.7. The van der Waals surface area contributed by atoms with E-state index in [0.717, 1.165) is 11.1 Å². The van der Waals surface area contributed by atoms with Gasteiger partial charge in [-0.1, -0.05) is 42.5 Å². The van der Waals surface area contributed by atoms with Crippen LogP contribution in [0.25, 0.3) is 21.5 Å². The molecule has 0 unspecified atom stereocenters. The molecular formula is C21H16N2O. The van der Waals surface area contributed by atoms with E-state index in [-0.39, 0.29) is 5.91 Å². The van der Waals surface area contributed by atoms with Crippen LogP contribution in [0, 0.1) is 0 Å². The molecule has 0 heterocycles. The van der Waals surface area contributed by atoms with Crippen molar-refractivity contribution in [1.29, 1.82) is 0 Å². The van der Waals surface area contributed by atoms with E-state index in [1.54, 1.807) is 24.3 Å². The largest absolute Gasteiger partial charge is 0.399 e. The molecule has 24 heavy (non-hydrogen) atoms. The van der Waals surface area contributed by atoms with Gasteiger partial charge in [-0.05, 0) is 57.9 Å². The topological polar surface area (TPSA) is 55.1 Å². The molecule has 0 aliphatic rings. The lowest BCUT2D eigenvalue weighted by atomic mass is 10.0. The van der Waals surface area contributed by atoms with Crippen LogP contribution in [0.4, 0.5) is 11.4 Å². The van der Waals surface area contributed by atoms with E-state index in [1.165, 1.54) is 16.2 Å². The molecule has 0 radical (unpaired) electrons. The second kappa shape index (κ2) is 5.70. The molecule has 116 valence electrons. The van der Waals surface area contributed by atoms with Crippen LogP contribution in [-0.2, 0) is 0 Å². The third kappa shape index (κ3) is 2.57. The summed E-state index contributed by atoms with van der Waals surface area (Å²) in [7, 11) is 0. The van der Waals surface area contributed by atoms with Crippen LogP contribution in [0.5, 0.6) is 0 Å². The molecule has 3 nitrogen and oxygen atoms in total. The summed E-state index contributed by atoms with van der Waals surface area (Å²) in [4.78, 5) is 12.3. The van der Waals surface area contributed by atoms with Gasteiger partial charge in [-0.25, -0.2) is 0 Å². The number of fused-ring (bicyclic) bond motifs is 3. The Hall–Kier alpha value is -3.33. The molecule has 0 aliphatic carbocycles. The summed E-state index contributed by atoms with van der Waals surface area (Å²) in [5.41, 5.74) is 7.66. The summed E-state index contributed by atoms with van der Waals surface area (Å²) in [6, 6.07) is 25.3. The lowest BCUT2D eigenvalue weighted by Gasteiger charge is -2.09. The Labute approximate surface area is 139 Å². The van der Waals surface area contributed by atoms with Crippen LogP contribution in [-0.4, -0.2) is 5.91 Å². The van der Waals surface area contributed by atoms with Gasteiger partial charge in [0.05, 0.1) is 0 Å². The number of amides is 1. The highest BCUT2D eigenvalue weighted by Crippen LogP contribution is 2.27. The summed E-state index contributed by atoms with van der Waals surface area (Å²) < 4.78 is 0. The first-order valence-corrected chi connectivity index (χ1v) is 7.79. The van der Waals surface area contributed by atoms with Gasteiger partial charge in [0.15, 0.2) is 0 Å². The first kappa shape index (κ1) is 14.3. The van der Waals surface area contributed by atoms with Gasteiger partial charge in [-0.3, -0.25) is 4.79 Å². The Balaban J connectivity index is 1.69. The van der Waals surface area contributed by atoms with Gasteiger partial charge < -0.3 is 11.1 Å². The molecule has 4 rings (SSSR count). The fourth-order valence-corrected chi connectivity index (χ4v) is 2.93. The van der Waals surface area contributed by atoms with Crippen molar-refractivity contribution in [3.63, 3.8) is 0 Å². The second-order valence-corrected chi connectivity index (χ2v) is 5.80. The standard InChI is InChI=1S/C21H16N2O/c22-17-9-7-15(8-10-17)21(24)23-18-11-12-20-16(13-18)6-5-14-3-1-2-4-19(14)20/h1-13H,22H2,(H,23,24). The van der Waals surface area contributed by atoms with Crippen molar-refractivity contribution >= 4 is 38.8 Å². The van der Waals surface area contributed by atoms with E-state index in [1.807, 2.05) is 24.3 Å². The lowest BCUT2D eigenvalue weighted by Crippen LogP contribution is -2.11. The van der Waals surface area contributed by atoms with Gasteiger partial charge in [0.1, 0.15) is 0 Å². The van der Waals surface area contributed by atoms with Gasteiger partial charge in [-0.2, -0.15) is 0 Å². The van der Waals surface area contributed by atoms with E-state index < -0.39 is 0 Å². The molecule has 3 N–H and O–H groups in total. The molecule has 0 fully saturated rings. The molecule has 1 amide bonds. The molecule has 0 aromatic heterocycles. The third-order valence-electron chi connectivity index (χ3n) is 4.18. The maximum atomic E-state index is 12.3. The monoisotopic (exact) mass is 312 g/mol. The number of hydrogen-bond acceptors (Lipinski definition) is 2. The van der Waals surface area contributed by atoms with Crippen LogP contribution in [0.3, 0.4) is 0 Å². The van der Waals surface area contributed by atoms with E-state index in [9.17, 15) is 4.79 Å². The fraction of sp³-hybridized carbons (Fsp3) is 0. The molecule has 0 spiro atoms. The summed E-state index contributed by atoms with van der Waals surface area (Å²) in [5, 5.41) is 7.64. The van der Waals surface area contributed by atoms with E-state index in [2.05, 4.69) is 35.6 Å². The Morgan fingerprint density at radius 2 is 1.46 bits per heavy atom. The Bertz CT molecular complexity index is 1050. The maximum Gasteiger partial charge on any atom is 0.255 e. The van der Waals surface area contributed by atoms with E-state index in [0.29, 0.717) is 11.3 Å². The highest BCUT2D eigenvalue weighted by atomic mass is 16.1. The molecule has 4 aromatic rings. The SMILES string of the molecule is Nc1ccc(C(=O)Nc2ccc3c(ccc4ccccc43)c2)cc1. The van der Waals surface area contributed by atoms with Crippen LogP contribution in [0.2, 0.25) is 0 Å². The normalized spacial score (nSPS) is 10.8. The van der Waals surface area contributed by atoms with Crippen LogP contribution in [0.1, 0.15) is 10.4 Å². The minimum absolute atomic E-state index is 0.143. The predicted molar refractivity (Wildman–Crippen MR) is 100 cm³/mol. The molecule has 4 aromatic carbocycles. The lowest BCUT2D eigenvalue weighted by molar-refractivity contribution is 0.102. The molecule has 0 saturated heterocycles. The van der Waals surface area contributed by atoms with Crippen molar-refractivity contribution in [2.45, 2.75) is 0 Å². The third-order valence-corrected chi connectivity index (χ3v) is 4.18. The number of hydrogen-bond donors (Lipinski definition) is 2. The number of nitrogens with one attached hydrogen (secondary N) is 1. The molecule has 0 atom stereocenters. The number of nitrogen functional groups attached to an aromatic ring is 1. The average Bonchev–Trinajstić information content (AvgIpc) is 2.62. The van der Waals surface area contributed by atoms with Crippen molar-refractivity contribution < 1.29 is 4.79 Å². The summed E-state index contributed by atoms with van der Waals surface area (Å²) in [5.74, 6) is -0.143. The van der Waals surface area contributed by atoms with Crippen LogP contribution >= 0.6 is 0 Å². The number of rotatable bonds is 2. The van der Waals surface area contributed by atoms with Crippen molar-refractivity contribution in [2.75, 3.05) is 11.1 Å². The van der Waals surface area contributed by atoms with Gasteiger partial charge in [0.25, 0.3) is 5.91 Å². The zero-order valence-electron chi connectivity index (χ0n) is 13.0. The molecular weight excluding hydrogens is 296 g/mol. The number of benzene rings is 4. The zero-order chi connectivity index (χ0) is 16.5. The molecule has 0 bridgehead atoms. The minimum atomic E-state index is -0.143. The van der Waals surface area contributed by atoms with Crippen molar-refractivity contribution in [3.05, 3.63) is 84.4 Å². The van der Waals surface area contributed by atoms with Crippen molar-refractivity contribution in [2.24, 2.45) is 0 Å². The van der Waals surface area contributed by atoms with E-state index in [4.69, 9.17) is 5.73 Å². The Morgan fingerprint density at radius 3 is 2.29 bits per heavy atom. The minimum Gasteiger partial charge on any atom is -0.399 e. The average molecular weight is 312 g/mol. The molecule has 3 heteroatoms. The number of carbonyl (C=O) groups is 1. The highest BCUT2D eigenvalue weighted by molar-refractivity contribution is 6.10. The zero-order valence-corrected chi connectivity index (χ0v) is 13.0. The smallest absolute Gasteiger partial charge is 0.255 e. The quantitative estimate of drug-likeness (QED) is 0.411. The summed E-state index contributed by atoms with van der Waals surface area (Å²) >= 11 is 0. The van der Waals surface area contributed by atoms with Gasteiger partial charge >= 0.3 is 0 Å². The van der Waals surface area contributed by atoms with E-state index >= 15 is 0 Å². The van der Waals surface area contributed by atoms with Gasteiger partial charge in [-0.15, -0.1) is 0 Å². The summed E-state index contributed by atoms with van der Waals surface area (Å²) in [6.45, 7) is 0. The van der Waals surface area contributed by atoms with Crippen LogP contribution < -0.4 is 11.1 Å². The number of carbonyl (C=O) groups excluding carboxylic acids is 1. The van der Waals surface area contributed by atoms with Crippen LogP contribution in [0.15, 0.2) is 78.9 Å². The Kier molecular flexibility index (Phi) is 3.39. The molecule has 0 aliphatic heterocycles. The Morgan fingerprint density at radius 1 is 0.750 bits per heavy atom. The maximum absolute atomic E-state index is 12.3. The second-order valence-electron chi connectivity index (χ2n) is 5.80. The van der Waals surface area contributed by atoms with Gasteiger partial charge in [0.2, 0.25) is 0 Å². The summed E-state index contributed by atoms with van der Waals surface area (Å²) in [6.07, 6.45) is 0.